The molecule has 0 radical (unpaired) electrons. The van der Waals surface area contributed by atoms with Gasteiger partial charge in [0.1, 0.15) is 5.82 Å². The van der Waals surface area contributed by atoms with Crippen molar-refractivity contribution in [3.63, 3.8) is 0 Å². The van der Waals surface area contributed by atoms with Crippen LogP contribution in [-0.2, 0) is 13.5 Å². The topological polar surface area (TPSA) is 52.0 Å². The second-order valence-electron chi connectivity index (χ2n) is 4.77. The van der Waals surface area contributed by atoms with Gasteiger partial charge in [0.25, 0.3) is 0 Å². The van der Waals surface area contributed by atoms with E-state index in [9.17, 15) is 0 Å². The van der Waals surface area contributed by atoms with Crippen molar-refractivity contribution in [2.24, 2.45) is 7.05 Å². The van der Waals surface area contributed by atoms with E-state index in [0.717, 1.165) is 30.8 Å². The third-order valence-electron chi connectivity index (χ3n) is 3.32. The van der Waals surface area contributed by atoms with E-state index in [1.54, 1.807) is 13.3 Å². The maximum atomic E-state index is 5.38. The van der Waals surface area contributed by atoms with E-state index < -0.39 is 0 Å². The van der Waals surface area contributed by atoms with Crippen LogP contribution in [0.4, 0.5) is 0 Å². The Morgan fingerprint density at radius 3 is 2.85 bits per heavy atom. The minimum atomic E-state index is 0.153. The molecule has 0 bridgehead atoms. The van der Waals surface area contributed by atoms with Crippen LogP contribution in [0.3, 0.4) is 0 Å². The molecule has 0 aliphatic carbocycles. The zero-order valence-corrected chi connectivity index (χ0v) is 12.3. The fourth-order valence-corrected chi connectivity index (χ4v) is 2.23. The lowest BCUT2D eigenvalue weighted by molar-refractivity contribution is 0.380. The second kappa shape index (κ2) is 7.05. The number of aryl methyl sites for hydroxylation is 1. The van der Waals surface area contributed by atoms with Gasteiger partial charge in [0.2, 0.25) is 5.88 Å². The third kappa shape index (κ3) is 3.36. The molecule has 2 heterocycles. The van der Waals surface area contributed by atoms with Gasteiger partial charge in [-0.1, -0.05) is 13.0 Å². The first-order chi connectivity index (χ1) is 9.76. The number of ether oxygens (including phenoxy) is 1. The quantitative estimate of drug-likeness (QED) is 0.840. The molecule has 2 aromatic rings. The van der Waals surface area contributed by atoms with E-state index in [0.29, 0.717) is 5.88 Å². The van der Waals surface area contributed by atoms with E-state index >= 15 is 0 Å². The van der Waals surface area contributed by atoms with Crippen molar-refractivity contribution in [2.45, 2.75) is 25.8 Å². The van der Waals surface area contributed by atoms with E-state index in [1.807, 2.05) is 30.1 Å². The molecule has 108 valence electrons. The van der Waals surface area contributed by atoms with Crippen molar-refractivity contribution in [3.05, 3.63) is 42.1 Å². The molecule has 0 aliphatic rings. The summed E-state index contributed by atoms with van der Waals surface area (Å²) in [5.41, 5.74) is 1.08. The predicted octanol–water partition coefficient (Wildman–Crippen LogP) is 2.11. The van der Waals surface area contributed by atoms with Gasteiger partial charge in [0.15, 0.2) is 0 Å². The zero-order valence-electron chi connectivity index (χ0n) is 12.3. The molecular weight excluding hydrogens is 252 g/mol. The second-order valence-corrected chi connectivity index (χ2v) is 4.77. The molecule has 2 aromatic heterocycles. The van der Waals surface area contributed by atoms with Crippen molar-refractivity contribution in [3.8, 4) is 5.88 Å². The number of methoxy groups -OCH3 is 1. The summed E-state index contributed by atoms with van der Waals surface area (Å²) in [6.45, 7) is 3.11. The van der Waals surface area contributed by atoms with Gasteiger partial charge in [0.05, 0.1) is 7.11 Å². The Morgan fingerprint density at radius 1 is 1.35 bits per heavy atom. The van der Waals surface area contributed by atoms with Crippen LogP contribution in [0.5, 0.6) is 5.88 Å². The number of nitrogens with one attached hydrogen (secondary N) is 1. The molecular formula is C15H22N4O. The summed E-state index contributed by atoms with van der Waals surface area (Å²) in [6, 6.07) is 4.15. The van der Waals surface area contributed by atoms with Gasteiger partial charge < -0.3 is 14.6 Å². The normalized spacial score (nSPS) is 12.3. The molecule has 2 rings (SSSR count). The highest BCUT2D eigenvalue weighted by molar-refractivity contribution is 5.29. The van der Waals surface area contributed by atoms with Crippen LogP contribution in [0.25, 0.3) is 0 Å². The van der Waals surface area contributed by atoms with Gasteiger partial charge in [-0.15, -0.1) is 0 Å². The maximum absolute atomic E-state index is 5.38. The highest BCUT2D eigenvalue weighted by atomic mass is 16.5. The van der Waals surface area contributed by atoms with Crippen LogP contribution < -0.4 is 10.1 Å². The van der Waals surface area contributed by atoms with Gasteiger partial charge >= 0.3 is 0 Å². The molecule has 1 unspecified atom stereocenters. The van der Waals surface area contributed by atoms with Gasteiger partial charge in [-0.2, -0.15) is 0 Å². The molecule has 1 N–H and O–H groups in total. The lowest BCUT2D eigenvalue weighted by atomic mass is 10.0. The summed E-state index contributed by atoms with van der Waals surface area (Å²) in [5, 5.41) is 3.55. The first kappa shape index (κ1) is 14.5. The summed E-state index contributed by atoms with van der Waals surface area (Å²) in [7, 11) is 3.67. The van der Waals surface area contributed by atoms with E-state index in [1.165, 1.54) is 0 Å². The summed E-state index contributed by atoms with van der Waals surface area (Å²) in [4.78, 5) is 8.69. The highest BCUT2D eigenvalue weighted by Crippen LogP contribution is 2.25. The minimum absolute atomic E-state index is 0.153. The monoisotopic (exact) mass is 274 g/mol. The maximum Gasteiger partial charge on any atom is 0.217 e. The Bertz CT molecular complexity index is 538. The van der Waals surface area contributed by atoms with Crippen molar-refractivity contribution in [1.29, 1.82) is 0 Å². The molecule has 0 aromatic carbocycles. The first-order valence-electron chi connectivity index (χ1n) is 6.94. The van der Waals surface area contributed by atoms with Crippen LogP contribution in [0.2, 0.25) is 0 Å². The number of rotatable bonds is 7. The Labute approximate surface area is 120 Å². The Morgan fingerprint density at radius 2 is 2.20 bits per heavy atom. The van der Waals surface area contributed by atoms with Gasteiger partial charge in [-0.3, -0.25) is 0 Å². The standard InChI is InChI=1S/C15H22N4O/c1-4-7-16-13(11-14-17-9-10-19(14)2)12-6-5-8-18-15(12)20-3/h5-6,8-10,13,16H,4,7,11H2,1-3H3. The van der Waals surface area contributed by atoms with E-state index in [2.05, 4.69) is 28.3 Å². The molecule has 0 saturated heterocycles. The molecule has 5 nitrogen and oxygen atoms in total. The van der Waals surface area contributed by atoms with E-state index in [-0.39, 0.29) is 6.04 Å². The smallest absolute Gasteiger partial charge is 0.217 e. The van der Waals surface area contributed by atoms with Crippen molar-refractivity contribution >= 4 is 0 Å². The fourth-order valence-electron chi connectivity index (χ4n) is 2.23. The lowest BCUT2D eigenvalue weighted by Crippen LogP contribution is -2.25. The summed E-state index contributed by atoms with van der Waals surface area (Å²) >= 11 is 0. The van der Waals surface area contributed by atoms with Crippen LogP contribution in [0, 0.1) is 0 Å². The zero-order chi connectivity index (χ0) is 14.4. The molecule has 5 heteroatoms. The summed E-state index contributed by atoms with van der Waals surface area (Å²) in [6.07, 6.45) is 7.44. The fraction of sp³-hybridized carbons (Fsp3) is 0.467. The number of hydrogen-bond acceptors (Lipinski definition) is 4. The SMILES string of the molecule is CCCNC(Cc1nccn1C)c1cccnc1OC. The third-order valence-corrected chi connectivity index (χ3v) is 3.32. The van der Waals surface area contributed by atoms with Crippen LogP contribution in [-0.4, -0.2) is 28.2 Å². The van der Waals surface area contributed by atoms with Crippen LogP contribution in [0.15, 0.2) is 30.7 Å². The van der Waals surface area contributed by atoms with Gasteiger partial charge in [0, 0.05) is 43.7 Å². The number of pyridine rings is 1. The molecule has 0 saturated carbocycles. The molecule has 1 atom stereocenters. The van der Waals surface area contributed by atoms with Crippen molar-refractivity contribution < 1.29 is 4.74 Å². The van der Waals surface area contributed by atoms with E-state index in [4.69, 9.17) is 4.74 Å². The predicted molar refractivity (Wildman–Crippen MR) is 78.7 cm³/mol. The minimum Gasteiger partial charge on any atom is -0.481 e. The highest BCUT2D eigenvalue weighted by Gasteiger charge is 2.18. The van der Waals surface area contributed by atoms with Gasteiger partial charge in [-0.05, 0) is 19.0 Å². The number of aromatic nitrogens is 3. The van der Waals surface area contributed by atoms with Crippen LogP contribution >= 0.6 is 0 Å². The molecule has 20 heavy (non-hydrogen) atoms. The first-order valence-corrected chi connectivity index (χ1v) is 6.94. The molecule has 0 aliphatic heterocycles. The molecule has 0 spiro atoms. The summed E-state index contributed by atoms with van der Waals surface area (Å²) < 4.78 is 7.42. The van der Waals surface area contributed by atoms with Crippen LogP contribution in [0.1, 0.15) is 30.8 Å². The largest absolute Gasteiger partial charge is 0.481 e. The lowest BCUT2D eigenvalue weighted by Gasteiger charge is -2.20. The van der Waals surface area contributed by atoms with Gasteiger partial charge in [-0.25, -0.2) is 9.97 Å². The Balaban J connectivity index is 2.24. The number of nitrogens with zero attached hydrogens (tertiary/aromatic N) is 3. The molecule has 0 fully saturated rings. The number of imidazole rings is 1. The Kier molecular flexibility index (Phi) is 5.12. The Hall–Kier alpha value is -1.88. The van der Waals surface area contributed by atoms with Crippen molar-refractivity contribution in [1.82, 2.24) is 19.9 Å². The summed E-state index contributed by atoms with van der Waals surface area (Å²) in [5.74, 6) is 1.72. The number of hydrogen-bond donors (Lipinski definition) is 1. The average Bonchev–Trinajstić information content (AvgIpc) is 2.88. The molecule has 0 amide bonds. The van der Waals surface area contributed by atoms with Crippen molar-refractivity contribution in [2.75, 3.05) is 13.7 Å². The average molecular weight is 274 g/mol.